The van der Waals surface area contributed by atoms with Crippen molar-refractivity contribution < 1.29 is 24.2 Å². The van der Waals surface area contributed by atoms with Gasteiger partial charge in [0.05, 0.1) is 0 Å². The van der Waals surface area contributed by atoms with Gasteiger partial charge < -0.3 is 20.1 Å². The number of nitrogens with one attached hydrogen (secondary N) is 1. The van der Waals surface area contributed by atoms with Crippen LogP contribution in [-0.4, -0.2) is 52.2 Å². The van der Waals surface area contributed by atoms with Crippen molar-refractivity contribution in [3.63, 3.8) is 0 Å². The van der Waals surface area contributed by atoms with E-state index in [9.17, 15) is 19.5 Å². The highest BCUT2D eigenvalue weighted by molar-refractivity contribution is 5.89. The van der Waals surface area contributed by atoms with Crippen LogP contribution in [0.5, 0.6) is 0 Å². The maximum absolute atomic E-state index is 12.7. The van der Waals surface area contributed by atoms with Crippen molar-refractivity contribution in [2.24, 2.45) is 5.92 Å². The smallest absolute Gasteiger partial charge is 0.408 e. The van der Waals surface area contributed by atoms with Gasteiger partial charge in [-0.25, -0.2) is 9.59 Å². The summed E-state index contributed by atoms with van der Waals surface area (Å²) < 4.78 is 5.20. The van der Waals surface area contributed by atoms with Gasteiger partial charge in [0, 0.05) is 6.54 Å². The molecule has 1 aliphatic heterocycles. The summed E-state index contributed by atoms with van der Waals surface area (Å²) in [6, 6.07) is -1.58. The van der Waals surface area contributed by atoms with Crippen LogP contribution in [0.1, 0.15) is 53.9 Å². The molecule has 7 heteroatoms. The predicted octanol–water partition coefficient (Wildman–Crippen LogP) is 2.00. The molecule has 2 amide bonds. The molecule has 1 aliphatic rings. The van der Waals surface area contributed by atoms with Gasteiger partial charge >= 0.3 is 12.1 Å². The van der Waals surface area contributed by atoms with Gasteiger partial charge in [0.2, 0.25) is 5.91 Å². The molecule has 0 radical (unpaired) electrons. The molecule has 1 saturated heterocycles. The molecule has 0 bridgehead atoms. The van der Waals surface area contributed by atoms with Gasteiger partial charge in [0.25, 0.3) is 0 Å². The standard InChI is InChI=1S/C16H28N2O5/c1-10(2)9-11(17-15(22)23-16(3,4)5)13(19)18-8-6-7-12(18)14(20)21/h10-12H,6-9H2,1-5H3,(H,17,22)(H,20,21)/t11?,12-/m0/s1. The third-order valence-corrected chi connectivity index (χ3v) is 3.52. The summed E-state index contributed by atoms with van der Waals surface area (Å²) >= 11 is 0. The zero-order chi connectivity index (χ0) is 17.8. The van der Waals surface area contributed by atoms with Gasteiger partial charge in [0.15, 0.2) is 0 Å². The zero-order valence-electron chi connectivity index (χ0n) is 14.6. The molecule has 0 aromatic rings. The summed E-state index contributed by atoms with van der Waals surface area (Å²) in [7, 11) is 0. The highest BCUT2D eigenvalue weighted by Crippen LogP contribution is 2.20. The molecular weight excluding hydrogens is 300 g/mol. The fourth-order valence-corrected chi connectivity index (χ4v) is 2.63. The van der Waals surface area contributed by atoms with Gasteiger partial charge in [0.1, 0.15) is 17.7 Å². The first-order valence-electron chi connectivity index (χ1n) is 8.04. The number of alkyl carbamates (subject to hydrolysis) is 1. The minimum absolute atomic E-state index is 0.171. The van der Waals surface area contributed by atoms with Crippen molar-refractivity contribution >= 4 is 18.0 Å². The molecule has 0 saturated carbocycles. The van der Waals surface area contributed by atoms with Crippen molar-refractivity contribution in [1.82, 2.24) is 10.2 Å². The number of carboxylic acids is 1. The molecule has 0 spiro atoms. The van der Waals surface area contributed by atoms with E-state index >= 15 is 0 Å². The molecule has 1 unspecified atom stereocenters. The number of aliphatic carboxylic acids is 1. The first kappa shape index (κ1) is 19.3. The van der Waals surface area contributed by atoms with Crippen LogP contribution in [0.4, 0.5) is 4.79 Å². The number of carbonyl (C=O) groups excluding carboxylic acids is 2. The fraction of sp³-hybridized carbons (Fsp3) is 0.812. The Morgan fingerprint density at radius 1 is 1.30 bits per heavy atom. The Kier molecular flexibility index (Phi) is 6.41. The van der Waals surface area contributed by atoms with Gasteiger partial charge in [-0.3, -0.25) is 4.79 Å². The summed E-state index contributed by atoms with van der Waals surface area (Å²) in [5.74, 6) is -1.18. The molecule has 1 fully saturated rings. The Balaban J connectivity index is 2.82. The molecule has 23 heavy (non-hydrogen) atoms. The first-order valence-corrected chi connectivity index (χ1v) is 8.04. The van der Waals surface area contributed by atoms with E-state index in [4.69, 9.17) is 4.74 Å². The fourth-order valence-electron chi connectivity index (χ4n) is 2.63. The molecule has 1 heterocycles. The number of likely N-dealkylation sites (tertiary alicyclic amines) is 1. The first-order chi connectivity index (χ1) is 10.5. The Morgan fingerprint density at radius 2 is 1.91 bits per heavy atom. The molecule has 0 aliphatic carbocycles. The average molecular weight is 328 g/mol. The topological polar surface area (TPSA) is 95.9 Å². The van der Waals surface area contributed by atoms with Crippen LogP contribution in [0.25, 0.3) is 0 Å². The molecule has 0 aromatic heterocycles. The van der Waals surface area contributed by atoms with Crippen LogP contribution >= 0.6 is 0 Å². The average Bonchev–Trinajstić information content (AvgIpc) is 2.83. The van der Waals surface area contributed by atoms with E-state index in [2.05, 4.69) is 5.32 Å². The van der Waals surface area contributed by atoms with E-state index in [1.165, 1.54) is 4.90 Å². The third-order valence-electron chi connectivity index (χ3n) is 3.52. The van der Waals surface area contributed by atoms with Gasteiger partial charge in [-0.2, -0.15) is 0 Å². The second kappa shape index (κ2) is 7.66. The summed E-state index contributed by atoms with van der Waals surface area (Å²) in [4.78, 5) is 37.3. The summed E-state index contributed by atoms with van der Waals surface area (Å²) in [6.45, 7) is 9.51. The van der Waals surface area contributed by atoms with Crippen LogP contribution in [0.15, 0.2) is 0 Å². The Labute approximate surface area is 137 Å². The third kappa shape index (κ3) is 6.08. The number of nitrogens with zero attached hydrogens (tertiary/aromatic N) is 1. The largest absolute Gasteiger partial charge is 0.480 e. The van der Waals surface area contributed by atoms with Crippen molar-refractivity contribution in [2.75, 3.05) is 6.54 Å². The molecule has 0 aromatic carbocycles. The lowest BCUT2D eigenvalue weighted by molar-refractivity contribution is -0.149. The quantitative estimate of drug-likeness (QED) is 0.805. The van der Waals surface area contributed by atoms with Gasteiger partial charge in [-0.15, -0.1) is 0 Å². The van der Waals surface area contributed by atoms with Crippen LogP contribution in [0, 0.1) is 5.92 Å². The van der Waals surface area contributed by atoms with Crippen molar-refractivity contribution in [2.45, 2.75) is 71.6 Å². The molecule has 132 valence electrons. The lowest BCUT2D eigenvalue weighted by atomic mass is 10.0. The summed E-state index contributed by atoms with van der Waals surface area (Å²) in [5, 5.41) is 11.8. The molecule has 2 N–H and O–H groups in total. The lowest BCUT2D eigenvalue weighted by Crippen LogP contribution is -2.52. The van der Waals surface area contributed by atoms with E-state index in [0.717, 1.165) is 0 Å². The maximum Gasteiger partial charge on any atom is 0.408 e. The number of hydrogen-bond donors (Lipinski definition) is 2. The number of rotatable bonds is 5. The Hall–Kier alpha value is -1.79. The highest BCUT2D eigenvalue weighted by Gasteiger charge is 2.38. The molecule has 7 nitrogen and oxygen atoms in total. The summed E-state index contributed by atoms with van der Waals surface area (Å²) in [5.41, 5.74) is -0.660. The van der Waals surface area contributed by atoms with E-state index in [0.29, 0.717) is 25.8 Å². The molecule has 1 rings (SSSR count). The van der Waals surface area contributed by atoms with Crippen molar-refractivity contribution in [3.8, 4) is 0 Å². The predicted molar refractivity (Wildman–Crippen MR) is 85.0 cm³/mol. The van der Waals surface area contributed by atoms with E-state index in [-0.39, 0.29) is 11.8 Å². The monoisotopic (exact) mass is 328 g/mol. The number of ether oxygens (including phenoxy) is 1. The van der Waals surface area contributed by atoms with Crippen LogP contribution in [0.2, 0.25) is 0 Å². The Bertz CT molecular complexity index is 456. The van der Waals surface area contributed by atoms with E-state index in [1.807, 2.05) is 13.8 Å². The van der Waals surface area contributed by atoms with Gasteiger partial charge in [-0.05, 0) is 46.0 Å². The highest BCUT2D eigenvalue weighted by atomic mass is 16.6. The van der Waals surface area contributed by atoms with Gasteiger partial charge in [-0.1, -0.05) is 13.8 Å². The van der Waals surface area contributed by atoms with Crippen LogP contribution in [-0.2, 0) is 14.3 Å². The Morgan fingerprint density at radius 3 is 2.39 bits per heavy atom. The van der Waals surface area contributed by atoms with Crippen molar-refractivity contribution in [1.29, 1.82) is 0 Å². The normalized spacial score (nSPS) is 19.6. The molecule has 2 atom stereocenters. The number of amides is 2. The van der Waals surface area contributed by atoms with Crippen molar-refractivity contribution in [3.05, 3.63) is 0 Å². The van der Waals surface area contributed by atoms with Crippen LogP contribution < -0.4 is 5.32 Å². The minimum atomic E-state index is -1.00. The SMILES string of the molecule is CC(C)CC(NC(=O)OC(C)(C)C)C(=O)N1CCC[C@H]1C(=O)O. The molecular formula is C16H28N2O5. The minimum Gasteiger partial charge on any atom is -0.480 e. The summed E-state index contributed by atoms with van der Waals surface area (Å²) in [6.07, 6.45) is 0.870. The van der Waals surface area contributed by atoms with Crippen LogP contribution in [0.3, 0.4) is 0 Å². The second-order valence-electron chi connectivity index (χ2n) is 7.36. The lowest BCUT2D eigenvalue weighted by Gasteiger charge is -2.29. The zero-order valence-corrected chi connectivity index (χ0v) is 14.6. The number of hydrogen-bond acceptors (Lipinski definition) is 4. The maximum atomic E-state index is 12.7. The number of carboxylic acid groups (broad SMARTS) is 1. The number of carbonyl (C=O) groups is 3. The van der Waals surface area contributed by atoms with E-state index < -0.39 is 29.7 Å². The second-order valence-corrected chi connectivity index (χ2v) is 7.36. The van der Waals surface area contributed by atoms with E-state index in [1.54, 1.807) is 20.8 Å².